The Kier molecular flexibility index (Phi) is 3.59. The zero-order chi connectivity index (χ0) is 12.4. The second-order valence-electron chi connectivity index (χ2n) is 4.20. The first-order chi connectivity index (χ1) is 8.08. The van der Waals surface area contributed by atoms with Crippen molar-refractivity contribution in [2.45, 2.75) is 13.0 Å². The molecule has 92 valence electrons. The molecule has 4 nitrogen and oxygen atoms in total. The maximum atomic E-state index is 13.6. The maximum absolute atomic E-state index is 13.6. The molecule has 0 aliphatic carbocycles. The number of nitrogens with zero attached hydrogens (tertiary/aromatic N) is 2. The molecule has 1 saturated heterocycles. The number of nitrogens with two attached hydrogens (primary N) is 1. The van der Waals surface area contributed by atoms with E-state index in [1.54, 1.807) is 6.07 Å². The van der Waals surface area contributed by atoms with Gasteiger partial charge in [-0.15, -0.1) is 0 Å². The Labute approximate surface area is 104 Å². The number of aromatic nitrogens is 1. The van der Waals surface area contributed by atoms with E-state index in [0.717, 1.165) is 13.0 Å². The third kappa shape index (κ3) is 2.73. The van der Waals surface area contributed by atoms with E-state index in [1.807, 2.05) is 4.90 Å². The fourth-order valence-electron chi connectivity index (χ4n) is 2.03. The smallest absolute Gasteiger partial charge is 0.221 e. The number of carbonyl (C=O) groups excluding carboxylic acids is 1. The highest BCUT2D eigenvalue weighted by Gasteiger charge is 2.27. The van der Waals surface area contributed by atoms with Crippen LogP contribution in [0.15, 0.2) is 12.3 Å². The van der Waals surface area contributed by atoms with Gasteiger partial charge in [0.25, 0.3) is 0 Å². The van der Waals surface area contributed by atoms with E-state index in [-0.39, 0.29) is 17.0 Å². The van der Waals surface area contributed by atoms with Gasteiger partial charge in [-0.2, -0.15) is 0 Å². The number of likely N-dealkylation sites (tertiary alicyclic amines) is 1. The van der Waals surface area contributed by atoms with Gasteiger partial charge < -0.3 is 5.73 Å². The maximum Gasteiger partial charge on any atom is 0.221 e. The minimum absolute atomic E-state index is 0.117. The average molecular weight is 258 g/mol. The molecule has 0 spiro atoms. The lowest BCUT2D eigenvalue weighted by atomic mass is 10.1. The van der Waals surface area contributed by atoms with Gasteiger partial charge in [0.05, 0.1) is 5.92 Å². The predicted molar refractivity (Wildman–Crippen MR) is 61.8 cm³/mol. The summed E-state index contributed by atoms with van der Waals surface area (Å²) in [7, 11) is 0. The molecule has 0 aromatic carbocycles. The third-order valence-electron chi connectivity index (χ3n) is 3.00. The Hall–Kier alpha value is -1.20. The molecule has 2 rings (SSSR count). The fourth-order valence-corrected chi connectivity index (χ4v) is 2.20. The van der Waals surface area contributed by atoms with Gasteiger partial charge in [-0.1, -0.05) is 11.6 Å². The molecule has 1 unspecified atom stereocenters. The Morgan fingerprint density at radius 1 is 1.71 bits per heavy atom. The first kappa shape index (κ1) is 12.3. The number of primary amides is 1. The van der Waals surface area contributed by atoms with Crippen molar-refractivity contribution in [1.29, 1.82) is 0 Å². The Bertz CT molecular complexity index is 441. The summed E-state index contributed by atoms with van der Waals surface area (Å²) in [5.74, 6) is -0.909. The van der Waals surface area contributed by atoms with E-state index < -0.39 is 5.82 Å². The van der Waals surface area contributed by atoms with Crippen molar-refractivity contribution >= 4 is 17.5 Å². The van der Waals surface area contributed by atoms with Crippen molar-refractivity contribution in [3.63, 3.8) is 0 Å². The minimum Gasteiger partial charge on any atom is -0.369 e. The highest BCUT2D eigenvalue weighted by atomic mass is 35.5. The van der Waals surface area contributed by atoms with E-state index in [0.29, 0.717) is 18.7 Å². The molecule has 0 radical (unpaired) electrons. The summed E-state index contributed by atoms with van der Waals surface area (Å²) in [6.07, 6.45) is 2.21. The molecule has 1 aromatic heterocycles. The largest absolute Gasteiger partial charge is 0.369 e. The first-order valence-electron chi connectivity index (χ1n) is 5.38. The van der Waals surface area contributed by atoms with E-state index in [4.69, 9.17) is 17.3 Å². The lowest BCUT2D eigenvalue weighted by Crippen LogP contribution is -2.27. The molecule has 2 heterocycles. The van der Waals surface area contributed by atoms with Crippen molar-refractivity contribution in [3.05, 3.63) is 28.8 Å². The molecule has 1 aromatic rings. The topological polar surface area (TPSA) is 59.2 Å². The Balaban J connectivity index is 2.03. The predicted octanol–water partition coefficient (Wildman–Crippen LogP) is 1.18. The van der Waals surface area contributed by atoms with Gasteiger partial charge in [0.2, 0.25) is 5.91 Å². The average Bonchev–Trinajstić information content (AvgIpc) is 2.73. The normalized spacial score (nSPS) is 20.7. The van der Waals surface area contributed by atoms with Crippen molar-refractivity contribution in [1.82, 2.24) is 9.88 Å². The lowest BCUT2D eigenvalue weighted by Gasteiger charge is -2.15. The number of rotatable bonds is 3. The third-order valence-corrected chi connectivity index (χ3v) is 3.26. The number of hydrogen-bond acceptors (Lipinski definition) is 3. The molecule has 17 heavy (non-hydrogen) atoms. The summed E-state index contributed by atoms with van der Waals surface area (Å²) in [6.45, 7) is 1.75. The van der Waals surface area contributed by atoms with Crippen molar-refractivity contribution in [2.75, 3.05) is 13.1 Å². The summed E-state index contributed by atoms with van der Waals surface area (Å²) in [6, 6.07) is 1.60. The summed E-state index contributed by atoms with van der Waals surface area (Å²) in [5, 5.41) is -0.117. The summed E-state index contributed by atoms with van der Waals surface area (Å²) >= 11 is 5.60. The number of amides is 1. The molecule has 1 amide bonds. The quantitative estimate of drug-likeness (QED) is 0.828. The van der Waals surface area contributed by atoms with Crippen molar-refractivity contribution in [3.8, 4) is 0 Å². The molecule has 0 saturated carbocycles. The van der Waals surface area contributed by atoms with E-state index in [2.05, 4.69) is 4.98 Å². The van der Waals surface area contributed by atoms with Crippen LogP contribution < -0.4 is 5.73 Å². The van der Waals surface area contributed by atoms with Gasteiger partial charge in [-0.05, 0) is 19.0 Å². The van der Waals surface area contributed by atoms with Crippen molar-refractivity contribution < 1.29 is 9.18 Å². The zero-order valence-corrected chi connectivity index (χ0v) is 9.95. The Morgan fingerprint density at radius 2 is 2.47 bits per heavy atom. The van der Waals surface area contributed by atoms with Crippen LogP contribution in [0.3, 0.4) is 0 Å². The standard InChI is InChI=1S/C11H13ClFN3O/c12-10-9(13)7(1-3-15-10)5-16-4-2-8(6-16)11(14)17/h1,3,8H,2,4-6H2,(H2,14,17). The van der Waals surface area contributed by atoms with Gasteiger partial charge in [0.1, 0.15) is 0 Å². The van der Waals surface area contributed by atoms with Crippen molar-refractivity contribution in [2.24, 2.45) is 11.7 Å². The molecule has 0 bridgehead atoms. The van der Waals surface area contributed by atoms with Crippen LogP contribution in [0.2, 0.25) is 5.15 Å². The second-order valence-corrected chi connectivity index (χ2v) is 4.56. The molecular weight excluding hydrogens is 245 g/mol. The van der Waals surface area contributed by atoms with E-state index in [9.17, 15) is 9.18 Å². The summed E-state index contributed by atoms with van der Waals surface area (Å²) in [5.41, 5.74) is 5.73. The number of carbonyl (C=O) groups is 1. The van der Waals surface area contributed by atoms with E-state index >= 15 is 0 Å². The van der Waals surface area contributed by atoms with Crippen LogP contribution in [-0.2, 0) is 11.3 Å². The monoisotopic (exact) mass is 257 g/mol. The van der Waals surface area contributed by atoms with Gasteiger partial charge in [-0.25, -0.2) is 9.37 Å². The molecule has 1 aliphatic rings. The summed E-state index contributed by atoms with van der Waals surface area (Å²) in [4.78, 5) is 16.7. The SMILES string of the molecule is NC(=O)C1CCN(Cc2ccnc(Cl)c2F)C1. The molecule has 1 aliphatic heterocycles. The molecular formula is C11H13ClFN3O. The van der Waals surface area contributed by atoms with Crippen LogP contribution >= 0.6 is 11.6 Å². The van der Waals surface area contributed by atoms with Gasteiger partial charge in [-0.3, -0.25) is 9.69 Å². The molecule has 6 heteroatoms. The zero-order valence-electron chi connectivity index (χ0n) is 9.20. The highest BCUT2D eigenvalue weighted by molar-refractivity contribution is 6.29. The number of pyridine rings is 1. The van der Waals surface area contributed by atoms with Crippen LogP contribution in [0.4, 0.5) is 4.39 Å². The fraction of sp³-hybridized carbons (Fsp3) is 0.455. The minimum atomic E-state index is -0.489. The number of hydrogen-bond donors (Lipinski definition) is 1. The molecule has 1 atom stereocenters. The molecule has 2 N–H and O–H groups in total. The first-order valence-corrected chi connectivity index (χ1v) is 5.76. The molecule has 1 fully saturated rings. The van der Waals surface area contributed by atoms with Gasteiger partial charge in [0.15, 0.2) is 11.0 Å². The lowest BCUT2D eigenvalue weighted by molar-refractivity contribution is -0.121. The van der Waals surface area contributed by atoms with Crippen LogP contribution in [0.1, 0.15) is 12.0 Å². The highest BCUT2D eigenvalue weighted by Crippen LogP contribution is 2.21. The van der Waals surface area contributed by atoms with Crippen LogP contribution in [-0.4, -0.2) is 28.9 Å². The second kappa shape index (κ2) is 4.98. The number of halogens is 2. The Morgan fingerprint density at radius 3 is 3.12 bits per heavy atom. The van der Waals surface area contributed by atoms with Gasteiger partial charge in [0, 0.05) is 24.8 Å². The van der Waals surface area contributed by atoms with Gasteiger partial charge >= 0.3 is 0 Å². The van der Waals surface area contributed by atoms with Crippen LogP contribution in [0, 0.1) is 11.7 Å². The van der Waals surface area contributed by atoms with Crippen LogP contribution in [0.25, 0.3) is 0 Å². The van der Waals surface area contributed by atoms with Crippen LogP contribution in [0.5, 0.6) is 0 Å². The van der Waals surface area contributed by atoms with E-state index in [1.165, 1.54) is 6.20 Å². The summed E-state index contributed by atoms with van der Waals surface area (Å²) < 4.78 is 13.6.